The minimum Gasteiger partial charge on any atom is -1.00 e. The van der Waals surface area contributed by atoms with Gasteiger partial charge >= 0.3 is 29.6 Å². The number of carbonyl (C=O) groups is 1. The van der Waals surface area contributed by atoms with E-state index in [4.69, 9.17) is 5.73 Å². The van der Waals surface area contributed by atoms with Crippen molar-refractivity contribution in [3.63, 3.8) is 0 Å². The molecule has 2 aromatic heterocycles. The van der Waals surface area contributed by atoms with Crippen LogP contribution < -0.4 is 40.6 Å². The molecule has 4 rings (SSSR count). The number of nitrogens with two attached hydrogens (primary N) is 1. The van der Waals surface area contributed by atoms with Gasteiger partial charge in [-0.15, -0.1) is 0 Å². The van der Waals surface area contributed by atoms with Gasteiger partial charge in [-0.25, -0.2) is 9.97 Å². The van der Waals surface area contributed by atoms with E-state index in [0.717, 1.165) is 32.0 Å². The third-order valence-corrected chi connectivity index (χ3v) is 9.68. The number of H-pyrrole nitrogens is 2. The largest absolute Gasteiger partial charge is 1.00 e. The van der Waals surface area contributed by atoms with Crippen molar-refractivity contribution in [1.82, 2.24) is 44.9 Å². The first-order valence-corrected chi connectivity index (χ1v) is 21.6. The molecule has 0 bridgehead atoms. The second-order valence-corrected chi connectivity index (χ2v) is 15.1. The zero-order valence-electron chi connectivity index (χ0n) is 39.1. The summed E-state index contributed by atoms with van der Waals surface area (Å²) >= 11 is 0. The van der Waals surface area contributed by atoms with Crippen LogP contribution in [0.3, 0.4) is 0 Å². The number of nitrogens with zero attached hydrogens (tertiary/aromatic N) is 6. The SMILES string of the molecule is CCCN(CCC)CCCCN(C)Cc1ccc(CN)cc1.CCCN(CCC)CCCCN(C)Cc1ccc(CNCc2ncc[nH]2)cc1.O=Cc1ncc[nH]1.[B].[H-].[Na+]. The molecule has 0 aliphatic rings. The molecule has 13 heteroatoms. The first-order valence-electron chi connectivity index (χ1n) is 21.6. The van der Waals surface area contributed by atoms with Crippen molar-refractivity contribution in [3.8, 4) is 0 Å². The van der Waals surface area contributed by atoms with E-state index in [1.807, 2.05) is 6.20 Å². The van der Waals surface area contributed by atoms with Crippen molar-refractivity contribution >= 4 is 14.7 Å². The van der Waals surface area contributed by atoms with Gasteiger partial charge in [-0.3, -0.25) is 4.79 Å². The van der Waals surface area contributed by atoms with Crippen molar-refractivity contribution in [3.05, 3.63) is 107 Å². The molecule has 4 aromatic rings. The molecule has 0 atom stereocenters. The summed E-state index contributed by atoms with van der Waals surface area (Å²) in [5.74, 6) is 1.35. The molecule has 5 N–H and O–H groups in total. The van der Waals surface area contributed by atoms with Crippen LogP contribution in [-0.4, -0.2) is 121 Å². The summed E-state index contributed by atoms with van der Waals surface area (Å²) in [4.78, 5) is 33.4. The van der Waals surface area contributed by atoms with E-state index in [9.17, 15) is 4.79 Å². The predicted molar refractivity (Wildman–Crippen MR) is 246 cm³/mol. The van der Waals surface area contributed by atoms with Crippen LogP contribution in [0, 0.1) is 0 Å². The molecule has 59 heavy (non-hydrogen) atoms. The smallest absolute Gasteiger partial charge is 1.00 e. The van der Waals surface area contributed by atoms with Crippen molar-refractivity contribution in [2.75, 3.05) is 66.5 Å². The van der Waals surface area contributed by atoms with E-state index in [0.29, 0.717) is 18.7 Å². The van der Waals surface area contributed by atoms with E-state index in [2.05, 4.69) is 135 Å². The van der Waals surface area contributed by atoms with Gasteiger partial charge in [0, 0.05) is 59.4 Å². The Balaban J connectivity index is 0. The Morgan fingerprint density at radius 3 is 1.41 bits per heavy atom. The number of benzene rings is 2. The number of nitrogens with one attached hydrogen (secondary N) is 3. The standard InChI is InChI=1S/C23H39N5.C19H35N3.C4H4N2O.B.Na.H/c1-4-14-28(15-5-2)17-7-6-16-27(3)20-22-10-8-21(9-11-22)18-24-19-23-25-12-13-26-23;1-4-12-22(13-5-2)15-7-6-14-21(3)17-19-10-8-18(16-20)9-11-19;7-3-4-5-1-2-6-4;;;/h8-13,24H,4-7,14-20H2,1-3H3,(H,25,26);8-11H,4-7,12-17,20H2,1-3H3;1-3H,(H,5,6);;;/q;;;;+1;-1. The van der Waals surface area contributed by atoms with Gasteiger partial charge in [0.15, 0.2) is 12.1 Å². The van der Waals surface area contributed by atoms with Gasteiger partial charge in [-0.05, 0) is 140 Å². The Bertz CT molecular complexity index is 1470. The molecular formula is C46H79BN10NaO. The monoisotopic (exact) mass is 822 g/mol. The maximum atomic E-state index is 9.77. The fraction of sp³-hybridized carbons (Fsp3) is 0.587. The molecular weight excluding hydrogens is 742 g/mol. The number of carbonyl (C=O) groups excluding carboxylic acids is 1. The molecule has 2 aromatic carbocycles. The number of hydrogen-bond donors (Lipinski definition) is 4. The summed E-state index contributed by atoms with van der Waals surface area (Å²) in [6.45, 7) is 23.2. The number of aldehydes is 1. The van der Waals surface area contributed by atoms with E-state index in [1.165, 1.54) is 132 Å². The Labute approximate surface area is 384 Å². The Hall–Kier alpha value is -2.65. The molecule has 0 fully saturated rings. The fourth-order valence-electron chi connectivity index (χ4n) is 6.76. The number of rotatable bonds is 28. The summed E-state index contributed by atoms with van der Waals surface area (Å²) < 4.78 is 0. The summed E-state index contributed by atoms with van der Waals surface area (Å²) in [5, 5.41) is 3.42. The van der Waals surface area contributed by atoms with Gasteiger partial charge in [0.25, 0.3) is 0 Å². The second-order valence-electron chi connectivity index (χ2n) is 15.1. The molecule has 0 saturated carbocycles. The van der Waals surface area contributed by atoms with Gasteiger partial charge < -0.3 is 42.0 Å². The first kappa shape index (κ1) is 56.4. The molecule has 0 unspecified atom stereocenters. The topological polar surface area (TPSA) is 125 Å². The van der Waals surface area contributed by atoms with Crippen molar-refractivity contribution in [2.45, 2.75) is 112 Å². The third kappa shape index (κ3) is 27.8. The Morgan fingerprint density at radius 1 is 0.610 bits per heavy atom. The van der Waals surface area contributed by atoms with Gasteiger partial charge in [0.1, 0.15) is 5.82 Å². The van der Waals surface area contributed by atoms with Crippen molar-refractivity contribution in [2.24, 2.45) is 5.73 Å². The van der Waals surface area contributed by atoms with Crippen LogP contribution in [0.2, 0.25) is 0 Å². The molecule has 0 saturated heterocycles. The maximum Gasteiger partial charge on any atom is 1.00 e. The van der Waals surface area contributed by atoms with Crippen LogP contribution in [0.4, 0.5) is 0 Å². The number of aromatic amines is 2. The van der Waals surface area contributed by atoms with E-state index in [1.54, 1.807) is 12.4 Å². The summed E-state index contributed by atoms with van der Waals surface area (Å²) in [6.07, 6.45) is 17.6. The van der Waals surface area contributed by atoms with Crippen LogP contribution >= 0.6 is 0 Å². The Morgan fingerprint density at radius 2 is 1.03 bits per heavy atom. The number of hydrogen-bond acceptors (Lipinski definition) is 9. The zero-order chi connectivity index (χ0) is 41.4. The molecule has 0 spiro atoms. The van der Waals surface area contributed by atoms with Crippen LogP contribution in [0.1, 0.15) is 119 Å². The van der Waals surface area contributed by atoms with E-state index < -0.39 is 0 Å². The predicted octanol–water partition coefficient (Wildman–Crippen LogP) is 4.47. The maximum absolute atomic E-state index is 9.77. The average molecular weight is 822 g/mol. The molecule has 2 heterocycles. The van der Waals surface area contributed by atoms with Crippen LogP contribution in [0.5, 0.6) is 0 Å². The van der Waals surface area contributed by atoms with Crippen LogP contribution in [0.15, 0.2) is 73.3 Å². The number of unbranched alkanes of at least 4 members (excludes halogenated alkanes) is 2. The first-order chi connectivity index (χ1) is 27.8. The molecule has 0 aliphatic carbocycles. The summed E-state index contributed by atoms with van der Waals surface area (Å²) in [7, 11) is 4.45. The summed E-state index contributed by atoms with van der Waals surface area (Å²) in [5.41, 5.74) is 10.9. The zero-order valence-corrected chi connectivity index (χ0v) is 40.1. The molecule has 11 nitrogen and oxygen atoms in total. The molecule has 323 valence electrons. The van der Waals surface area contributed by atoms with Crippen molar-refractivity contribution in [1.29, 1.82) is 0 Å². The van der Waals surface area contributed by atoms with Crippen LogP contribution in [-0.2, 0) is 32.7 Å². The van der Waals surface area contributed by atoms with E-state index in [-0.39, 0.29) is 39.4 Å². The van der Waals surface area contributed by atoms with Gasteiger partial charge in [0.05, 0.1) is 6.54 Å². The quantitative estimate of drug-likeness (QED) is 0.0374. The number of imidazole rings is 2. The molecule has 0 aliphatic heterocycles. The van der Waals surface area contributed by atoms with Crippen molar-refractivity contribution < 1.29 is 35.8 Å². The van der Waals surface area contributed by atoms with Gasteiger partial charge in [-0.1, -0.05) is 76.2 Å². The molecule has 0 amide bonds. The van der Waals surface area contributed by atoms with Gasteiger partial charge in [-0.2, -0.15) is 0 Å². The second kappa shape index (κ2) is 37.1. The minimum absolute atomic E-state index is 0. The minimum atomic E-state index is 0. The van der Waals surface area contributed by atoms with Crippen LogP contribution in [0.25, 0.3) is 0 Å². The van der Waals surface area contributed by atoms with E-state index >= 15 is 0 Å². The third-order valence-electron chi connectivity index (χ3n) is 9.68. The molecule has 3 radical (unpaired) electrons. The average Bonchev–Trinajstić information content (AvgIpc) is 3.96. The normalized spacial score (nSPS) is 10.8. The van der Waals surface area contributed by atoms with Gasteiger partial charge in [0.2, 0.25) is 0 Å². The Kier molecular flexibility index (Phi) is 35.5. The summed E-state index contributed by atoms with van der Waals surface area (Å²) in [6, 6.07) is 17.6. The number of aromatic nitrogens is 4. The fourth-order valence-corrected chi connectivity index (χ4v) is 6.76.